The molecule has 0 aromatic rings. The Balaban J connectivity index is 1.99. The van der Waals surface area contributed by atoms with Crippen molar-refractivity contribution in [2.24, 2.45) is 17.8 Å². The summed E-state index contributed by atoms with van der Waals surface area (Å²) in [6, 6.07) is 0.219. The predicted octanol–water partition coefficient (Wildman–Crippen LogP) is 2.91. The third-order valence-corrected chi connectivity index (χ3v) is 6.39. The molecule has 120 valence electrons. The lowest BCUT2D eigenvalue weighted by molar-refractivity contribution is -0.146. The van der Waals surface area contributed by atoms with Gasteiger partial charge in [0.1, 0.15) is 0 Å². The standard InChI is InChI=1S/C16H27NO3S/c1-3-10-8-11(12(9-10)16(19)20)15(18)17-13-6-4-5-7-14(13)21-2/h10-14H,3-9H2,1-2H3,(H,17,18)(H,19,20)/t10?,11-,12+,13?,14?/m0/s1. The molecule has 2 N–H and O–H groups in total. The number of carbonyl (C=O) groups is 2. The van der Waals surface area contributed by atoms with Crippen LogP contribution in [0.25, 0.3) is 0 Å². The summed E-state index contributed by atoms with van der Waals surface area (Å²) in [5, 5.41) is 13.0. The first-order valence-electron chi connectivity index (χ1n) is 8.12. The van der Waals surface area contributed by atoms with Crippen LogP contribution in [0, 0.1) is 17.8 Å². The van der Waals surface area contributed by atoms with Crippen molar-refractivity contribution in [2.45, 2.75) is 63.2 Å². The Bertz CT molecular complexity index is 388. The number of thioether (sulfide) groups is 1. The molecule has 2 saturated carbocycles. The number of hydrogen-bond acceptors (Lipinski definition) is 3. The summed E-state index contributed by atoms with van der Waals surface area (Å²) in [5.41, 5.74) is 0. The molecule has 5 atom stereocenters. The molecule has 2 fully saturated rings. The second-order valence-corrected chi connectivity index (χ2v) is 7.55. The van der Waals surface area contributed by atoms with Crippen LogP contribution in [0.1, 0.15) is 51.9 Å². The van der Waals surface area contributed by atoms with Crippen LogP contribution in [-0.2, 0) is 9.59 Å². The summed E-state index contributed by atoms with van der Waals surface area (Å²) < 4.78 is 0. The number of hydrogen-bond donors (Lipinski definition) is 2. The Morgan fingerprint density at radius 3 is 2.48 bits per heavy atom. The number of rotatable bonds is 5. The molecule has 3 unspecified atom stereocenters. The van der Waals surface area contributed by atoms with Gasteiger partial charge in [-0.05, 0) is 37.9 Å². The minimum atomic E-state index is -0.809. The van der Waals surface area contributed by atoms with Crippen molar-refractivity contribution in [2.75, 3.05) is 6.26 Å². The van der Waals surface area contributed by atoms with Crippen molar-refractivity contribution >= 4 is 23.6 Å². The van der Waals surface area contributed by atoms with Gasteiger partial charge in [-0.15, -0.1) is 0 Å². The van der Waals surface area contributed by atoms with Crippen molar-refractivity contribution in [3.05, 3.63) is 0 Å². The first-order chi connectivity index (χ1) is 10.1. The Labute approximate surface area is 131 Å². The highest BCUT2D eigenvalue weighted by Crippen LogP contribution is 2.39. The molecule has 2 rings (SSSR count). The third-order valence-electron chi connectivity index (χ3n) is 5.22. The van der Waals surface area contributed by atoms with E-state index in [1.54, 1.807) is 0 Å². The second kappa shape index (κ2) is 7.52. The van der Waals surface area contributed by atoms with Crippen LogP contribution in [0.15, 0.2) is 0 Å². The molecule has 21 heavy (non-hydrogen) atoms. The molecule has 4 nitrogen and oxygen atoms in total. The summed E-state index contributed by atoms with van der Waals surface area (Å²) in [4.78, 5) is 24.0. The third kappa shape index (κ3) is 3.93. The summed E-state index contributed by atoms with van der Waals surface area (Å²) in [5.74, 6) is -1.28. The van der Waals surface area contributed by atoms with Crippen molar-refractivity contribution < 1.29 is 14.7 Å². The highest BCUT2D eigenvalue weighted by atomic mass is 32.2. The summed E-state index contributed by atoms with van der Waals surface area (Å²) in [6.07, 6.45) is 9.01. The van der Waals surface area contributed by atoms with Crippen LogP contribution in [0.4, 0.5) is 0 Å². The fourth-order valence-electron chi connectivity index (χ4n) is 3.87. The van der Waals surface area contributed by atoms with Crippen LogP contribution in [0.3, 0.4) is 0 Å². The SMILES string of the molecule is CCC1C[C@H](C(=O)NC2CCCCC2SC)[C@H](C(=O)O)C1. The molecule has 2 aliphatic rings. The maximum absolute atomic E-state index is 12.6. The van der Waals surface area contributed by atoms with Crippen LogP contribution >= 0.6 is 11.8 Å². The lowest BCUT2D eigenvalue weighted by Crippen LogP contribution is -2.47. The van der Waals surface area contributed by atoms with Crippen LogP contribution in [0.2, 0.25) is 0 Å². The molecule has 0 bridgehead atoms. The highest BCUT2D eigenvalue weighted by molar-refractivity contribution is 7.99. The molecule has 2 aliphatic carbocycles. The molecule has 0 heterocycles. The fourth-order valence-corrected chi connectivity index (χ4v) is 4.81. The van der Waals surface area contributed by atoms with E-state index >= 15 is 0 Å². The van der Waals surface area contributed by atoms with Crippen molar-refractivity contribution in [3.8, 4) is 0 Å². The number of carbonyl (C=O) groups excluding carboxylic acids is 1. The normalized spacial score (nSPS) is 36.4. The van der Waals surface area contributed by atoms with Gasteiger partial charge in [-0.25, -0.2) is 0 Å². The first-order valence-corrected chi connectivity index (χ1v) is 9.41. The van der Waals surface area contributed by atoms with Crippen molar-refractivity contribution in [1.29, 1.82) is 0 Å². The zero-order valence-corrected chi connectivity index (χ0v) is 13.8. The minimum absolute atomic E-state index is 0.0238. The average molecular weight is 313 g/mol. The highest BCUT2D eigenvalue weighted by Gasteiger charge is 2.43. The maximum Gasteiger partial charge on any atom is 0.307 e. The van der Waals surface area contributed by atoms with Gasteiger partial charge >= 0.3 is 5.97 Å². The van der Waals surface area contributed by atoms with E-state index in [1.165, 1.54) is 6.42 Å². The van der Waals surface area contributed by atoms with Gasteiger partial charge in [0.25, 0.3) is 0 Å². The summed E-state index contributed by atoms with van der Waals surface area (Å²) in [7, 11) is 0. The maximum atomic E-state index is 12.6. The Morgan fingerprint density at radius 2 is 1.86 bits per heavy atom. The molecular weight excluding hydrogens is 286 g/mol. The Morgan fingerprint density at radius 1 is 1.19 bits per heavy atom. The quantitative estimate of drug-likeness (QED) is 0.819. The molecule has 0 spiro atoms. The van der Waals surface area contributed by atoms with E-state index in [2.05, 4.69) is 18.5 Å². The van der Waals surface area contributed by atoms with Gasteiger partial charge in [-0.3, -0.25) is 9.59 Å². The Hall–Kier alpha value is -0.710. The van der Waals surface area contributed by atoms with E-state index in [0.29, 0.717) is 17.6 Å². The van der Waals surface area contributed by atoms with Gasteiger partial charge in [0.15, 0.2) is 0 Å². The predicted molar refractivity (Wildman–Crippen MR) is 85.3 cm³/mol. The second-order valence-electron chi connectivity index (χ2n) is 6.47. The van der Waals surface area contributed by atoms with Gasteiger partial charge in [-0.1, -0.05) is 26.2 Å². The van der Waals surface area contributed by atoms with Crippen LogP contribution in [0.5, 0.6) is 0 Å². The van der Waals surface area contributed by atoms with E-state index in [-0.39, 0.29) is 17.9 Å². The molecule has 0 aromatic carbocycles. The molecule has 0 saturated heterocycles. The molecule has 0 aliphatic heterocycles. The van der Waals surface area contributed by atoms with Crippen LogP contribution in [-0.4, -0.2) is 34.5 Å². The lowest BCUT2D eigenvalue weighted by Gasteiger charge is -2.32. The Kier molecular flexibility index (Phi) is 5.97. The molecule has 1 amide bonds. The zero-order valence-electron chi connectivity index (χ0n) is 13.0. The van der Waals surface area contributed by atoms with Gasteiger partial charge in [-0.2, -0.15) is 11.8 Å². The summed E-state index contributed by atoms with van der Waals surface area (Å²) >= 11 is 1.82. The molecular formula is C16H27NO3S. The zero-order chi connectivity index (χ0) is 15.4. The van der Waals surface area contributed by atoms with Gasteiger partial charge < -0.3 is 10.4 Å². The average Bonchev–Trinajstić information content (AvgIpc) is 2.92. The molecule has 0 aromatic heterocycles. The number of amides is 1. The van der Waals surface area contributed by atoms with Gasteiger partial charge in [0.05, 0.1) is 11.8 Å². The van der Waals surface area contributed by atoms with E-state index in [9.17, 15) is 14.7 Å². The monoisotopic (exact) mass is 313 g/mol. The minimum Gasteiger partial charge on any atom is -0.481 e. The largest absolute Gasteiger partial charge is 0.481 e. The molecule has 0 radical (unpaired) electrons. The van der Waals surface area contributed by atoms with Crippen LogP contribution < -0.4 is 5.32 Å². The van der Waals surface area contributed by atoms with Crippen molar-refractivity contribution in [1.82, 2.24) is 5.32 Å². The first kappa shape index (κ1) is 16.7. The summed E-state index contributed by atoms with van der Waals surface area (Å²) in [6.45, 7) is 2.08. The van der Waals surface area contributed by atoms with E-state index in [1.807, 2.05) is 11.8 Å². The fraction of sp³-hybridized carbons (Fsp3) is 0.875. The van der Waals surface area contributed by atoms with E-state index in [0.717, 1.165) is 32.1 Å². The smallest absolute Gasteiger partial charge is 0.307 e. The number of aliphatic carboxylic acids is 1. The van der Waals surface area contributed by atoms with Crippen molar-refractivity contribution in [3.63, 3.8) is 0 Å². The number of carboxylic acid groups (broad SMARTS) is 1. The lowest BCUT2D eigenvalue weighted by atomic mass is 9.92. The van der Waals surface area contributed by atoms with E-state index in [4.69, 9.17) is 0 Å². The van der Waals surface area contributed by atoms with Gasteiger partial charge in [0.2, 0.25) is 5.91 Å². The van der Waals surface area contributed by atoms with E-state index < -0.39 is 11.9 Å². The number of carboxylic acids is 1. The number of nitrogens with one attached hydrogen (secondary N) is 1. The van der Waals surface area contributed by atoms with Gasteiger partial charge in [0, 0.05) is 11.3 Å². The topological polar surface area (TPSA) is 66.4 Å². The molecule has 5 heteroatoms.